The van der Waals surface area contributed by atoms with Crippen LogP contribution in [0.15, 0.2) is 30.5 Å². The first-order valence-corrected chi connectivity index (χ1v) is 13.5. The highest BCUT2D eigenvalue weighted by Gasteiger charge is 2.69. The molecule has 5 aliphatic rings. The summed E-state index contributed by atoms with van der Waals surface area (Å²) in [6.07, 6.45) is 6.22. The molecule has 3 saturated heterocycles. The summed E-state index contributed by atoms with van der Waals surface area (Å²) in [5.41, 5.74) is 2.82. The van der Waals surface area contributed by atoms with E-state index < -0.39 is 35.4 Å². The third-order valence-electron chi connectivity index (χ3n) is 9.29. The number of ether oxygens (including phenoxy) is 1. The molecular weight excluding hydrogens is 486 g/mol. The van der Waals surface area contributed by atoms with Gasteiger partial charge in [0, 0.05) is 42.1 Å². The summed E-state index contributed by atoms with van der Waals surface area (Å²) >= 11 is 0. The first-order valence-electron chi connectivity index (χ1n) is 13.5. The Bertz CT molecular complexity index is 1420. The van der Waals surface area contributed by atoms with E-state index in [1.807, 2.05) is 19.2 Å². The molecule has 3 fully saturated rings. The molecule has 7 rings (SSSR count). The van der Waals surface area contributed by atoms with E-state index in [0.717, 1.165) is 34.4 Å². The Morgan fingerprint density at radius 3 is 2.89 bits per heavy atom. The number of aromatic amines is 1. The Hall–Kier alpha value is -3.21. The van der Waals surface area contributed by atoms with Crippen molar-refractivity contribution in [3.8, 4) is 0 Å². The molecule has 0 bridgehead atoms. The lowest BCUT2D eigenvalue weighted by molar-refractivity contribution is -0.314. The van der Waals surface area contributed by atoms with Gasteiger partial charge in [0.05, 0.1) is 5.92 Å². The topological polar surface area (TPSA) is 118 Å². The van der Waals surface area contributed by atoms with Crippen molar-refractivity contribution in [3.63, 3.8) is 0 Å². The number of hydrogen-bond acceptors (Lipinski definition) is 6. The number of likely N-dealkylation sites (N-methyl/N-ethyl adjacent to an activating group) is 1. The molecule has 200 valence electrons. The van der Waals surface area contributed by atoms with Gasteiger partial charge < -0.3 is 20.3 Å². The Morgan fingerprint density at radius 1 is 1.29 bits per heavy atom. The van der Waals surface area contributed by atoms with Crippen LogP contribution in [0.2, 0.25) is 0 Å². The number of fused-ring (bicyclic) bond motifs is 5. The Labute approximate surface area is 220 Å². The summed E-state index contributed by atoms with van der Waals surface area (Å²) in [6, 6.07) is 5.69. The van der Waals surface area contributed by atoms with Crippen LogP contribution in [0.4, 0.5) is 0 Å². The van der Waals surface area contributed by atoms with E-state index in [1.165, 1.54) is 10.9 Å². The average Bonchev–Trinajstić information content (AvgIpc) is 3.59. The number of piperazine rings is 1. The van der Waals surface area contributed by atoms with Crippen LogP contribution in [-0.4, -0.2) is 92.9 Å². The van der Waals surface area contributed by atoms with Gasteiger partial charge in [-0.1, -0.05) is 32.1 Å². The average molecular weight is 520 g/mol. The Balaban J connectivity index is 1.23. The highest BCUT2D eigenvalue weighted by Crippen LogP contribution is 2.46. The zero-order valence-corrected chi connectivity index (χ0v) is 21.9. The van der Waals surface area contributed by atoms with Crippen LogP contribution in [0, 0.1) is 11.8 Å². The zero-order chi connectivity index (χ0) is 26.6. The number of H-pyrrole nitrogens is 1. The second-order valence-electron chi connectivity index (χ2n) is 11.7. The van der Waals surface area contributed by atoms with Crippen LogP contribution in [0.25, 0.3) is 16.5 Å². The summed E-state index contributed by atoms with van der Waals surface area (Å²) < 4.78 is 6.22. The predicted molar refractivity (Wildman–Crippen MR) is 138 cm³/mol. The van der Waals surface area contributed by atoms with Crippen LogP contribution in [0.5, 0.6) is 0 Å². The minimum Gasteiger partial charge on any atom is -0.361 e. The van der Waals surface area contributed by atoms with Crippen molar-refractivity contribution in [2.24, 2.45) is 11.8 Å². The fourth-order valence-electron chi connectivity index (χ4n) is 7.28. The second-order valence-corrected chi connectivity index (χ2v) is 11.7. The van der Waals surface area contributed by atoms with Crippen LogP contribution in [0.1, 0.15) is 37.8 Å². The van der Waals surface area contributed by atoms with Crippen molar-refractivity contribution in [1.82, 2.24) is 25.0 Å². The minimum atomic E-state index is -1.96. The number of hydrogen-bond donors (Lipinski definition) is 3. The quantitative estimate of drug-likeness (QED) is 0.557. The van der Waals surface area contributed by atoms with E-state index >= 15 is 0 Å². The fraction of sp³-hybridized carbons (Fsp3) is 0.536. The maximum atomic E-state index is 13.9. The third kappa shape index (κ3) is 3.02. The van der Waals surface area contributed by atoms with Gasteiger partial charge in [0.15, 0.2) is 0 Å². The highest BCUT2D eigenvalue weighted by molar-refractivity contribution is 6.00. The first kappa shape index (κ1) is 23.9. The lowest BCUT2D eigenvalue weighted by Crippen LogP contribution is -2.67. The molecule has 3 N–H and O–H groups in total. The van der Waals surface area contributed by atoms with E-state index in [0.29, 0.717) is 19.5 Å². The standard InChI is InChI=1S/C28H33N5O5/c1-15(2)27(26(36)33-14-23(34)32-9-5-8-22(32)28(33,37)38-27)30-25(35)17-10-19-18-6-4-7-20-24(18)16(12-29-20)11-21(19)31(3)13-17/h4,6-7,10,12,15,17,21-22,29,37H,5,8-9,11,13-14H2,1-3H3,(H,30,35)/t17-,21-,22+,27+,28+/m1/s1. The van der Waals surface area contributed by atoms with Gasteiger partial charge in [-0.3, -0.25) is 28.9 Å². The number of nitrogens with one attached hydrogen (secondary N) is 2. The summed E-state index contributed by atoms with van der Waals surface area (Å²) in [4.78, 5) is 48.7. The summed E-state index contributed by atoms with van der Waals surface area (Å²) in [7, 11) is 2.02. The fourth-order valence-corrected chi connectivity index (χ4v) is 7.28. The number of aromatic nitrogens is 1. The van der Waals surface area contributed by atoms with Gasteiger partial charge in [0.25, 0.3) is 11.8 Å². The van der Waals surface area contributed by atoms with Gasteiger partial charge in [0.2, 0.25) is 17.5 Å². The molecule has 38 heavy (non-hydrogen) atoms. The summed E-state index contributed by atoms with van der Waals surface area (Å²) in [6.45, 7) is 4.31. The molecule has 5 heterocycles. The van der Waals surface area contributed by atoms with E-state index in [4.69, 9.17) is 4.74 Å². The molecule has 0 unspecified atom stereocenters. The normalized spacial score (nSPS) is 34.4. The first-order chi connectivity index (χ1) is 18.1. The summed E-state index contributed by atoms with van der Waals surface area (Å²) in [5.74, 6) is -4.08. The number of benzene rings is 1. The van der Waals surface area contributed by atoms with E-state index in [1.54, 1.807) is 18.7 Å². The van der Waals surface area contributed by atoms with Gasteiger partial charge >= 0.3 is 0 Å². The monoisotopic (exact) mass is 519 g/mol. The number of amides is 3. The van der Waals surface area contributed by atoms with Crippen molar-refractivity contribution in [3.05, 3.63) is 41.6 Å². The lowest BCUT2D eigenvalue weighted by Gasteiger charge is -2.44. The molecule has 0 radical (unpaired) electrons. The largest absolute Gasteiger partial charge is 0.361 e. The molecule has 1 aromatic heterocycles. The lowest BCUT2D eigenvalue weighted by atomic mass is 9.79. The molecule has 2 aromatic rings. The van der Waals surface area contributed by atoms with Gasteiger partial charge in [0.1, 0.15) is 12.6 Å². The third-order valence-corrected chi connectivity index (χ3v) is 9.29. The van der Waals surface area contributed by atoms with Crippen molar-refractivity contribution in [2.75, 3.05) is 26.7 Å². The van der Waals surface area contributed by atoms with Gasteiger partial charge in [-0.05, 0) is 49.1 Å². The maximum absolute atomic E-state index is 13.9. The van der Waals surface area contributed by atoms with Gasteiger partial charge in [-0.2, -0.15) is 0 Å². The SMILES string of the molecule is CC(C)[C@]1(NC(=O)[C@@H]2C=C3c4cccc5[nH]cc(c45)C[C@H]3N(C)C2)O[C@@]2(O)[C@@H]3CCCN3C(=O)CN2C1=O. The van der Waals surface area contributed by atoms with Crippen molar-refractivity contribution < 1.29 is 24.2 Å². The van der Waals surface area contributed by atoms with Gasteiger partial charge in [-0.15, -0.1) is 0 Å². The smallest absolute Gasteiger partial charge is 0.281 e. The number of nitrogens with zero attached hydrogens (tertiary/aromatic N) is 3. The highest BCUT2D eigenvalue weighted by atomic mass is 16.7. The molecule has 3 amide bonds. The van der Waals surface area contributed by atoms with Crippen molar-refractivity contribution in [1.29, 1.82) is 0 Å². The molecule has 10 heteroatoms. The Morgan fingerprint density at radius 2 is 2.11 bits per heavy atom. The molecule has 1 aliphatic carbocycles. The molecular formula is C28H33N5O5. The molecule has 0 spiro atoms. The van der Waals surface area contributed by atoms with Crippen LogP contribution < -0.4 is 5.32 Å². The van der Waals surface area contributed by atoms with E-state index in [-0.39, 0.29) is 24.4 Å². The summed E-state index contributed by atoms with van der Waals surface area (Å²) in [5, 5.41) is 15.8. The van der Waals surface area contributed by atoms with Crippen LogP contribution in [-0.2, 0) is 25.5 Å². The number of carbonyl (C=O) groups excluding carboxylic acids is 3. The predicted octanol–water partition coefficient (Wildman–Crippen LogP) is 1.02. The van der Waals surface area contributed by atoms with Crippen LogP contribution in [0.3, 0.4) is 0 Å². The molecule has 1 aromatic carbocycles. The Kier molecular flexibility index (Phi) is 4.97. The number of carbonyl (C=O) groups is 3. The molecule has 0 saturated carbocycles. The molecule has 5 atom stereocenters. The minimum absolute atomic E-state index is 0.158. The number of aliphatic hydroxyl groups is 1. The van der Waals surface area contributed by atoms with Crippen molar-refractivity contribution in [2.45, 2.75) is 56.8 Å². The molecule has 4 aliphatic heterocycles. The molecule has 10 nitrogen and oxygen atoms in total. The number of rotatable bonds is 3. The van der Waals surface area contributed by atoms with E-state index in [2.05, 4.69) is 33.5 Å². The van der Waals surface area contributed by atoms with Crippen LogP contribution >= 0.6 is 0 Å². The zero-order valence-electron chi connectivity index (χ0n) is 21.9. The van der Waals surface area contributed by atoms with Crippen molar-refractivity contribution >= 4 is 34.2 Å². The maximum Gasteiger partial charge on any atom is 0.281 e. The van der Waals surface area contributed by atoms with Gasteiger partial charge in [-0.25, -0.2) is 0 Å². The second kappa shape index (κ2) is 7.91. The van der Waals surface area contributed by atoms with E-state index in [9.17, 15) is 19.5 Å².